The Morgan fingerprint density at radius 3 is 1.83 bits per heavy atom. The van der Waals surface area contributed by atoms with Crippen LogP contribution in [0.1, 0.15) is 18.9 Å². The number of benzene rings is 3. The molecule has 0 radical (unpaired) electrons. The van der Waals surface area contributed by atoms with E-state index >= 15 is 0 Å². The van der Waals surface area contributed by atoms with Crippen molar-refractivity contribution in [2.45, 2.75) is 59.0 Å². The maximum absolute atomic E-state index is 4.93. The van der Waals surface area contributed by atoms with Gasteiger partial charge in [0, 0.05) is 0 Å². The predicted octanol–water partition coefficient (Wildman–Crippen LogP) is 9.31. The molecule has 0 aliphatic carbocycles. The third-order valence-electron chi connectivity index (χ3n) is 6.56. The van der Waals surface area contributed by atoms with Gasteiger partial charge in [-0.1, -0.05) is 129 Å². The first-order chi connectivity index (χ1) is 16.5. The van der Waals surface area contributed by atoms with Gasteiger partial charge in [0.15, 0.2) is 0 Å². The molecule has 0 saturated heterocycles. The second-order valence-electron chi connectivity index (χ2n) is 11.3. The van der Waals surface area contributed by atoms with Crippen molar-refractivity contribution >= 4 is 54.3 Å². The molecule has 0 aliphatic heterocycles. The number of fused-ring (bicyclic) bond motifs is 1. The molecule has 0 nitrogen and oxygen atoms in total. The van der Waals surface area contributed by atoms with Crippen molar-refractivity contribution in [2.24, 2.45) is 0 Å². The Bertz CT molecular complexity index is 1230. The molecule has 4 aromatic rings. The van der Waals surface area contributed by atoms with Gasteiger partial charge in [0.05, 0.1) is 16.1 Å². The van der Waals surface area contributed by atoms with Gasteiger partial charge in [-0.05, 0) is 17.5 Å². The molecule has 0 aromatic heterocycles. The number of hydrogen-bond donors (Lipinski definition) is 0. The van der Waals surface area contributed by atoms with E-state index in [4.69, 9.17) is 17.0 Å². The molecule has 0 bridgehead atoms. The Morgan fingerprint density at radius 2 is 1.31 bits per heavy atom. The second-order valence-corrected chi connectivity index (χ2v) is 25.2. The molecule has 0 aliphatic rings. The van der Waals surface area contributed by atoms with Crippen LogP contribution in [0.3, 0.4) is 0 Å². The molecule has 4 aromatic carbocycles. The summed E-state index contributed by atoms with van der Waals surface area (Å²) < 4.78 is 0. The Kier molecular flexibility index (Phi) is 9.97. The van der Waals surface area contributed by atoms with Crippen LogP contribution in [0.5, 0.6) is 0 Å². The average Bonchev–Trinajstić information content (AvgIpc) is 3.23. The van der Waals surface area contributed by atoms with Crippen molar-refractivity contribution in [1.82, 2.24) is 0 Å². The zero-order valence-electron chi connectivity index (χ0n) is 22.1. The van der Waals surface area contributed by atoms with E-state index in [1.165, 1.54) is 45.0 Å². The van der Waals surface area contributed by atoms with Crippen LogP contribution in [0.15, 0.2) is 72.8 Å². The van der Waals surface area contributed by atoms with E-state index in [0.717, 1.165) is 6.42 Å². The maximum atomic E-state index is 4.93. The van der Waals surface area contributed by atoms with E-state index in [-0.39, 0.29) is 0 Å². The fraction of sp³-hybridized carbons (Fsp3) is 0.300. The van der Waals surface area contributed by atoms with Crippen molar-refractivity contribution < 1.29 is 20.8 Å². The Labute approximate surface area is 233 Å². The van der Waals surface area contributed by atoms with Gasteiger partial charge in [0.1, 0.15) is 0 Å². The zero-order chi connectivity index (χ0) is 25.8. The van der Waals surface area contributed by atoms with E-state index in [2.05, 4.69) is 119 Å². The first-order valence-corrected chi connectivity index (χ1v) is 25.7. The molecule has 0 spiro atoms. The van der Waals surface area contributed by atoms with Crippen LogP contribution in [0.2, 0.25) is 39.3 Å². The third-order valence-corrected chi connectivity index (χ3v) is 10.6. The third kappa shape index (κ3) is 7.14. The fourth-order valence-corrected chi connectivity index (χ4v) is 7.08. The predicted molar refractivity (Wildman–Crippen MR) is 162 cm³/mol. The molecule has 0 heterocycles. The summed E-state index contributed by atoms with van der Waals surface area (Å²) in [6.45, 7) is 17.1. The van der Waals surface area contributed by atoms with Crippen LogP contribution in [0.25, 0.3) is 33.0 Å². The normalized spacial score (nSPS) is 11.8. The zero-order valence-corrected chi connectivity index (χ0v) is 28.1. The van der Waals surface area contributed by atoms with Crippen LogP contribution >= 0.6 is 17.0 Å². The fourth-order valence-electron chi connectivity index (χ4n) is 4.58. The molecule has 5 heteroatoms. The monoisotopic (exact) mass is 613 g/mol. The van der Waals surface area contributed by atoms with Crippen molar-refractivity contribution in [3.63, 3.8) is 0 Å². The van der Waals surface area contributed by atoms with Gasteiger partial charge < -0.3 is 0 Å². The van der Waals surface area contributed by atoms with Gasteiger partial charge in [-0.15, -0.1) is 34.5 Å². The van der Waals surface area contributed by atoms with Gasteiger partial charge in [-0.2, -0.15) is 0 Å². The van der Waals surface area contributed by atoms with Crippen molar-refractivity contribution in [3.05, 3.63) is 78.4 Å². The summed E-state index contributed by atoms with van der Waals surface area (Å²) in [4.78, 5) is 0. The van der Waals surface area contributed by atoms with Gasteiger partial charge >= 0.3 is 37.9 Å². The van der Waals surface area contributed by atoms with E-state index in [1.54, 1.807) is 10.4 Å². The Hall–Kier alpha value is -0.833. The summed E-state index contributed by atoms with van der Waals surface area (Å²) in [5.41, 5.74) is 7.00. The van der Waals surface area contributed by atoms with Crippen molar-refractivity contribution in [3.8, 4) is 22.3 Å². The van der Waals surface area contributed by atoms with Crippen LogP contribution in [0, 0.1) is 0 Å². The molecule has 4 rings (SSSR count). The van der Waals surface area contributed by atoms with E-state index in [9.17, 15) is 0 Å². The molecule has 184 valence electrons. The summed E-state index contributed by atoms with van der Waals surface area (Å²) in [6.07, 6.45) is 2.29. The van der Waals surface area contributed by atoms with Crippen LogP contribution in [-0.2, 0) is 27.3 Å². The van der Waals surface area contributed by atoms with E-state index in [1.807, 2.05) is 0 Å². The molecule has 0 amide bonds. The van der Waals surface area contributed by atoms with Crippen LogP contribution in [0.4, 0.5) is 0 Å². The Morgan fingerprint density at radius 1 is 0.743 bits per heavy atom. The molecular weight excluding hydrogens is 579 g/mol. The molecule has 0 saturated carbocycles. The Balaban J connectivity index is 0.00000108. The second kappa shape index (κ2) is 12.1. The van der Waals surface area contributed by atoms with E-state index in [0.29, 0.717) is 0 Å². The average molecular weight is 616 g/mol. The van der Waals surface area contributed by atoms with Gasteiger partial charge in [0.2, 0.25) is 0 Å². The minimum absolute atomic E-state index is 0.826. The molecule has 0 unspecified atom stereocenters. The number of rotatable bonds is 6. The molecular formula is C30H37Cl2Si2Zr-. The van der Waals surface area contributed by atoms with Crippen molar-refractivity contribution in [1.29, 1.82) is 0 Å². The summed E-state index contributed by atoms with van der Waals surface area (Å²) in [6, 6.07) is 27.9. The summed E-state index contributed by atoms with van der Waals surface area (Å²) in [5, 5.41) is 5.93. The number of hydrogen-bond acceptors (Lipinski definition) is 0. The summed E-state index contributed by atoms with van der Waals surface area (Å²) in [5.74, 6) is 0. The number of aryl methyl sites for hydroxylation is 1. The van der Waals surface area contributed by atoms with E-state index < -0.39 is 37.0 Å². The molecule has 0 fully saturated rings. The first-order valence-electron chi connectivity index (χ1n) is 12.4. The van der Waals surface area contributed by atoms with Crippen LogP contribution in [-0.4, -0.2) is 16.1 Å². The molecule has 0 N–H and O–H groups in total. The number of halogens is 2. The molecule has 0 atom stereocenters. The van der Waals surface area contributed by atoms with Gasteiger partial charge in [0.25, 0.3) is 0 Å². The topological polar surface area (TPSA) is 0 Å². The van der Waals surface area contributed by atoms with Gasteiger partial charge in [-0.25, -0.2) is 0 Å². The summed E-state index contributed by atoms with van der Waals surface area (Å²) in [7, 11) is 7.00. The first kappa shape index (κ1) is 28.7. The molecule has 35 heavy (non-hydrogen) atoms. The minimum atomic E-state index is -1.44. The van der Waals surface area contributed by atoms with Crippen LogP contribution < -0.4 is 10.4 Å². The van der Waals surface area contributed by atoms with Crippen molar-refractivity contribution in [2.75, 3.05) is 0 Å². The van der Waals surface area contributed by atoms with Gasteiger partial charge in [-0.3, -0.25) is 0 Å². The quantitative estimate of drug-likeness (QED) is 0.150. The SMILES string of the molecule is CCCc1ccc2[cH-]c(-c3ccccc3)cc2c1-c1cc([Si](C)(C)C)cc([Si](C)(C)C)c1.[Cl][Zr][Cl]. The standard InChI is InChI=1S/C30H37Si2.2ClH.Zr/c1-8-12-23-15-16-24-17-25(22-13-10-9-11-14-22)20-29(24)30(23)26-18-27(31(2,3)4)21-28(19-26)32(5,6)7;;;/h9-11,13-21H,8,12H2,1-7H3;2*1H;/q-1;;;+2/p-2. The summed E-state index contributed by atoms with van der Waals surface area (Å²) >= 11 is -0.826.